The minimum absolute atomic E-state index is 0.598. The maximum absolute atomic E-state index is 5.70. The van der Waals surface area contributed by atoms with Gasteiger partial charge in [-0.2, -0.15) is 0 Å². The SMILES string of the molecule is CCOc1ccccc1Nc1cc(NCCOC)nc(-c2ccccc2)n1. The Bertz CT molecular complexity index is 856. The van der Waals surface area contributed by atoms with Crippen molar-refractivity contribution in [3.63, 3.8) is 0 Å². The number of nitrogens with one attached hydrogen (secondary N) is 2. The van der Waals surface area contributed by atoms with Crippen LogP contribution in [0.2, 0.25) is 0 Å². The lowest BCUT2D eigenvalue weighted by Crippen LogP contribution is -2.10. The number of benzene rings is 2. The Morgan fingerprint density at radius 1 is 0.926 bits per heavy atom. The molecule has 27 heavy (non-hydrogen) atoms. The van der Waals surface area contributed by atoms with Crippen molar-refractivity contribution in [3.8, 4) is 17.1 Å². The van der Waals surface area contributed by atoms with Crippen LogP contribution in [0.5, 0.6) is 5.75 Å². The molecule has 1 aromatic heterocycles. The topological polar surface area (TPSA) is 68.3 Å². The van der Waals surface area contributed by atoms with Crippen LogP contribution in [-0.4, -0.2) is 36.8 Å². The minimum Gasteiger partial charge on any atom is -0.492 e. The van der Waals surface area contributed by atoms with E-state index < -0.39 is 0 Å². The lowest BCUT2D eigenvalue weighted by Gasteiger charge is -2.14. The third-order valence-electron chi connectivity index (χ3n) is 3.82. The van der Waals surface area contributed by atoms with E-state index in [2.05, 4.69) is 20.6 Å². The number of ether oxygens (including phenoxy) is 2. The minimum atomic E-state index is 0.598. The Morgan fingerprint density at radius 3 is 2.44 bits per heavy atom. The molecule has 0 saturated heterocycles. The third kappa shape index (κ3) is 5.18. The number of rotatable bonds is 9. The third-order valence-corrected chi connectivity index (χ3v) is 3.82. The molecule has 0 radical (unpaired) electrons. The Hall–Kier alpha value is -3.12. The number of aromatic nitrogens is 2. The molecule has 0 bridgehead atoms. The quantitative estimate of drug-likeness (QED) is 0.550. The smallest absolute Gasteiger partial charge is 0.163 e. The van der Waals surface area contributed by atoms with Crippen molar-refractivity contribution >= 4 is 17.3 Å². The molecule has 0 saturated carbocycles. The molecule has 0 aliphatic rings. The van der Waals surface area contributed by atoms with E-state index in [1.165, 1.54) is 0 Å². The Labute approximate surface area is 159 Å². The van der Waals surface area contributed by atoms with Gasteiger partial charge in [-0.25, -0.2) is 9.97 Å². The predicted molar refractivity (Wildman–Crippen MR) is 109 cm³/mol. The molecule has 2 aromatic carbocycles. The van der Waals surface area contributed by atoms with Gasteiger partial charge in [-0.3, -0.25) is 0 Å². The second-order valence-corrected chi connectivity index (χ2v) is 5.80. The highest BCUT2D eigenvalue weighted by molar-refractivity contribution is 5.68. The summed E-state index contributed by atoms with van der Waals surface area (Å²) in [6.45, 7) is 3.83. The zero-order valence-corrected chi connectivity index (χ0v) is 15.6. The summed E-state index contributed by atoms with van der Waals surface area (Å²) in [6, 6.07) is 19.6. The molecule has 1 heterocycles. The van der Waals surface area contributed by atoms with Crippen molar-refractivity contribution in [2.45, 2.75) is 6.92 Å². The highest BCUT2D eigenvalue weighted by Gasteiger charge is 2.09. The molecule has 0 spiro atoms. The van der Waals surface area contributed by atoms with Crippen molar-refractivity contribution < 1.29 is 9.47 Å². The largest absolute Gasteiger partial charge is 0.492 e. The average Bonchev–Trinajstić information content (AvgIpc) is 2.70. The van der Waals surface area contributed by atoms with Crippen LogP contribution < -0.4 is 15.4 Å². The fourth-order valence-electron chi connectivity index (χ4n) is 2.59. The van der Waals surface area contributed by atoms with E-state index >= 15 is 0 Å². The van der Waals surface area contributed by atoms with Gasteiger partial charge >= 0.3 is 0 Å². The zero-order valence-electron chi connectivity index (χ0n) is 15.6. The molecule has 6 heteroatoms. The van der Waals surface area contributed by atoms with Gasteiger partial charge < -0.3 is 20.1 Å². The first-order valence-electron chi connectivity index (χ1n) is 8.96. The summed E-state index contributed by atoms with van der Waals surface area (Å²) in [5, 5.41) is 6.63. The summed E-state index contributed by atoms with van der Waals surface area (Å²) in [6.07, 6.45) is 0. The van der Waals surface area contributed by atoms with Gasteiger partial charge in [-0.05, 0) is 19.1 Å². The summed E-state index contributed by atoms with van der Waals surface area (Å²) in [7, 11) is 1.68. The van der Waals surface area contributed by atoms with E-state index in [-0.39, 0.29) is 0 Å². The molecule has 0 aliphatic heterocycles. The van der Waals surface area contributed by atoms with E-state index in [0.29, 0.717) is 31.4 Å². The molecular weight excluding hydrogens is 340 g/mol. The Balaban J connectivity index is 1.92. The second kappa shape index (κ2) is 9.54. The number of para-hydroxylation sites is 2. The first-order chi connectivity index (χ1) is 13.3. The molecule has 2 N–H and O–H groups in total. The van der Waals surface area contributed by atoms with Gasteiger partial charge in [-0.1, -0.05) is 42.5 Å². The maximum Gasteiger partial charge on any atom is 0.163 e. The predicted octanol–water partition coefficient (Wildman–Crippen LogP) is 4.34. The van der Waals surface area contributed by atoms with Crippen LogP contribution in [0.3, 0.4) is 0 Å². The first-order valence-corrected chi connectivity index (χ1v) is 8.96. The van der Waals surface area contributed by atoms with E-state index in [1.54, 1.807) is 7.11 Å². The molecular formula is C21H24N4O2. The van der Waals surface area contributed by atoms with E-state index in [0.717, 1.165) is 22.8 Å². The summed E-state index contributed by atoms with van der Waals surface area (Å²) < 4.78 is 10.8. The Morgan fingerprint density at radius 2 is 1.67 bits per heavy atom. The van der Waals surface area contributed by atoms with Crippen molar-refractivity contribution in [3.05, 3.63) is 60.7 Å². The van der Waals surface area contributed by atoms with Gasteiger partial charge in [0, 0.05) is 25.3 Å². The van der Waals surface area contributed by atoms with Gasteiger partial charge in [-0.15, -0.1) is 0 Å². The highest BCUT2D eigenvalue weighted by Crippen LogP contribution is 2.28. The lowest BCUT2D eigenvalue weighted by molar-refractivity contribution is 0.210. The molecule has 0 atom stereocenters. The molecule has 0 fully saturated rings. The van der Waals surface area contributed by atoms with Crippen LogP contribution in [0, 0.1) is 0 Å². The fourth-order valence-corrected chi connectivity index (χ4v) is 2.59. The Kier molecular flexibility index (Phi) is 6.60. The standard InChI is InChI=1S/C21H24N4O2/c1-3-27-18-12-8-7-11-17(18)23-20-15-19(22-13-14-26-2)24-21(25-20)16-9-5-4-6-10-16/h4-12,15H,3,13-14H2,1-2H3,(H2,22,23,24,25). The lowest BCUT2D eigenvalue weighted by atomic mass is 10.2. The monoisotopic (exact) mass is 364 g/mol. The van der Waals surface area contributed by atoms with Crippen molar-refractivity contribution in [1.82, 2.24) is 9.97 Å². The zero-order chi connectivity index (χ0) is 18.9. The average molecular weight is 364 g/mol. The number of methoxy groups -OCH3 is 1. The molecule has 140 valence electrons. The van der Waals surface area contributed by atoms with Crippen LogP contribution in [-0.2, 0) is 4.74 Å². The summed E-state index contributed by atoms with van der Waals surface area (Å²) in [5.41, 5.74) is 1.81. The van der Waals surface area contributed by atoms with Crippen molar-refractivity contribution in [2.24, 2.45) is 0 Å². The van der Waals surface area contributed by atoms with E-state index in [1.807, 2.05) is 67.6 Å². The molecule has 0 unspecified atom stereocenters. The van der Waals surface area contributed by atoms with Gasteiger partial charge in [0.1, 0.15) is 17.4 Å². The van der Waals surface area contributed by atoms with Crippen LogP contribution in [0.25, 0.3) is 11.4 Å². The number of hydrogen-bond acceptors (Lipinski definition) is 6. The van der Waals surface area contributed by atoms with Crippen LogP contribution >= 0.6 is 0 Å². The van der Waals surface area contributed by atoms with Crippen LogP contribution in [0.1, 0.15) is 6.92 Å². The molecule has 6 nitrogen and oxygen atoms in total. The molecule has 0 aliphatic carbocycles. The van der Waals surface area contributed by atoms with E-state index in [9.17, 15) is 0 Å². The van der Waals surface area contributed by atoms with Crippen LogP contribution in [0.15, 0.2) is 60.7 Å². The summed E-state index contributed by atoms with van der Waals surface area (Å²) in [5.74, 6) is 2.86. The van der Waals surface area contributed by atoms with Gasteiger partial charge in [0.05, 0.1) is 18.9 Å². The first kappa shape index (κ1) is 18.7. The number of anilines is 3. The molecule has 0 amide bonds. The van der Waals surface area contributed by atoms with Gasteiger partial charge in [0.25, 0.3) is 0 Å². The second-order valence-electron chi connectivity index (χ2n) is 5.80. The number of hydrogen-bond donors (Lipinski definition) is 2. The normalized spacial score (nSPS) is 10.4. The molecule has 3 aromatic rings. The molecule has 3 rings (SSSR count). The summed E-state index contributed by atoms with van der Waals surface area (Å²) in [4.78, 5) is 9.31. The maximum atomic E-state index is 5.70. The van der Waals surface area contributed by atoms with E-state index in [4.69, 9.17) is 9.47 Å². The van der Waals surface area contributed by atoms with Crippen molar-refractivity contribution in [2.75, 3.05) is 37.5 Å². The number of nitrogens with zero attached hydrogens (tertiary/aromatic N) is 2. The highest BCUT2D eigenvalue weighted by atomic mass is 16.5. The van der Waals surface area contributed by atoms with Gasteiger partial charge in [0.15, 0.2) is 5.82 Å². The summed E-state index contributed by atoms with van der Waals surface area (Å²) >= 11 is 0. The van der Waals surface area contributed by atoms with Crippen molar-refractivity contribution in [1.29, 1.82) is 0 Å². The van der Waals surface area contributed by atoms with Gasteiger partial charge in [0.2, 0.25) is 0 Å². The fraction of sp³-hybridized carbons (Fsp3) is 0.238. The van der Waals surface area contributed by atoms with Crippen LogP contribution in [0.4, 0.5) is 17.3 Å².